The monoisotopic (exact) mass is 343 g/mol. The Balaban J connectivity index is 1.68. The topological polar surface area (TPSA) is 77.8 Å². The summed E-state index contributed by atoms with van der Waals surface area (Å²) in [5.41, 5.74) is 0. The molecule has 1 amide bonds. The average molecular weight is 343 g/mol. The van der Waals surface area contributed by atoms with Crippen molar-refractivity contribution in [1.29, 1.82) is 0 Å². The van der Waals surface area contributed by atoms with Gasteiger partial charge in [-0.1, -0.05) is 12.1 Å². The average Bonchev–Trinajstić information content (AvgIpc) is 3.27. The minimum atomic E-state index is -0.525. The zero-order valence-corrected chi connectivity index (χ0v) is 13.5. The van der Waals surface area contributed by atoms with E-state index in [1.54, 1.807) is 48.5 Å². The summed E-state index contributed by atoms with van der Waals surface area (Å²) in [5, 5.41) is 3.18. The number of carbonyl (C=O) groups is 2. The Bertz CT molecular complexity index is 854. The third-order valence-electron chi connectivity index (χ3n) is 3.06. The van der Waals surface area contributed by atoms with Crippen LogP contribution >= 0.6 is 11.3 Å². The summed E-state index contributed by atoms with van der Waals surface area (Å²) >= 11 is 1.11. The lowest BCUT2D eigenvalue weighted by atomic mass is 10.3. The highest BCUT2D eigenvalue weighted by atomic mass is 32.1. The van der Waals surface area contributed by atoms with Crippen molar-refractivity contribution in [1.82, 2.24) is 0 Å². The molecule has 3 aromatic rings. The number of anilines is 1. The van der Waals surface area contributed by atoms with Crippen LogP contribution in [0.1, 0.15) is 20.2 Å². The molecule has 7 heteroatoms. The molecule has 24 heavy (non-hydrogen) atoms. The third-order valence-corrected chi connectivity index (χ3v) is 4.04. The van der Waals surface area contributed by atoms with E-state index in [4.69, 9.17) is 13.9 Å². The van der Waals surface area contributed by atoms with Crippen LogP contribution in [0.25, 0.3) is 0 Å². The molecule has 0 saturated heterocycles. The molecule has 1 N–H and O–H groups in total. The first-order valence-corrected chi connectivity index (χ1v) is 7.79. The summed E-state index contributed by atoms with van der Waals surface area (Å²) in [6.45, 7) is 0. The maximum atomic E-state index is 12.2. The predicted molar refractivity (Wildman–Crippen MR) is 88.9 cm³/mol. The molecule has 0 radical (unpaired) electrons. The van der Waals surface area contributed by atoms with E-state index in [-0.39, 0.29) is 11.7 Å². The fraction of sp³-hybridized carbons (Fsp3) is 0.0588. The Morgan fingerprint density at radius 2 is 1.83 bits per heavy atom. The van der Waals surface area contributed by atoms with E-state index < -0.39 is 5.97 Å². The van der Waals surface area contributed by atoms with Gasteiger partial charge in [0, 0.05) is 0 Å². The summed E-state index contributed by atoms with van der Waals surface area (Å²) in [5.74, 6) is 0.0874. The van der Waals surface area contributed by atoms with Crippen LogP contribution in [0.3, 0.4) is 0 Å². The summed E-state index contributed by atoms with van der Waals surface area (Å²) in [6.07, 6.45) is 1.42. The first-order valence-electron chi connectivity index (χ1n) is 6.97. The summed E-state index contributed by atoms with van der Waals surface area (Å²) in [6, 6.07) is 13.3. The highest BCUT2D eigenvalue weighted by Crippen LogP contribution is 2.29. The van der Waals surface area contributed by atoms with Crippen molar-refractivity contribution in [2.24, 2.45) is 0 Å². The fourth-order valence-electron chi connectivity index (χ4n) is 1.95. The molecule has 6 nitrogen and oxygen atoms in total. The predicted octanol–water partition coefficient (Wildman–Crippen LogP) is 3.82. The van der Waals surface area contributed by atoms with Gasteiger partial charge in [-0.2, -0.15) is 0 Å². The number of amides is 1. The molecule has 2 aromatic heterocycles. The number of rotatable bonds is 5. The van der Waals surface area contributed by atoms with Gasteiger partial charge >= 0.3 is 5.97 Å². The van der Waals surface area contributed by atoms with Crippen molar-refractivity contribution in [3.8, 4) is 11.5 Å². The highest BCUT2D eigenvalue weighted by Gasteiger charge is 2.16. The van der Waals surface area contributed by atoms with E-state index in [0.717, 1.165) is 11.3 Å². The molecule has 0 bridgehead atoms. The molecule has 0 aliphatic carbocycles. The van der Waals surface area contributed by atoms with E-state index in [0.29, 0.717) is 21.4 Å². The Morgan fingerprint density at radius 3 is 2.54 bits per heavy atom. The van der Waals surface area contributed by atoms with Gasteiger partial charge in [-0.3, -0.25) is 4.79 Å². The SMILES string of the molecule is COc1ccccc1OC(=O)c1ccc(NC(=O)c2ccco2)s1. The van der Waals surface area contributed by atoms with Crippen molar-refractivity contribution >= 4 is 28.2 Å². The molecule has 3 rings (SSSR count). The van der Waals surface area contributed by atoms with Gasteiger partial charge in [0.2, 0.25) is 0 Å². The minimum Gasteiger partial charge on any atom is -0.493 e. The zero-order chi connectivity index (χ0) is 16.9. The van der Waals surface area contributed by atoms with Gasteiger partial charge in [0.05, 0.1) is 18.4 Å². The molecular formula is C17H13NO5S. The van der Waals surface area contributed by atoms with Crippen LogP contribution in [0, 0.1) is 0 Å². The van der Waals surface area contributed by atoms with Crippen LogP contribution in [0.2, 0.25) is 0 Å². The molecule has 0 aliphatic heterocycles. The Hall–Kier alpha value is -3.06. The molecule has 122 valence electrons. The van der Waals surface area contributed by atoms with Crippen molar-refractivity contribution in [2.45, 2.75) is 0 Å². The highest BCUT2D eigenvalue weighted by molar-refractivity contribution is 7.18. The van der Waals surface area contributed by atoms with Crippen LogP contribution < -0.4 is 14.8 Å². The van der Waals surface area contributed by atoms with Crippen molar-refractivity contribution in [3.63, 3.8) is 0 Å². The number of thiophene rings is 1. The number of para-hydroxylation sites is 2. The molecule has 0 aliphatic rings. The van der Waals surface area contributed by atoms with Gasteiger partial charge in [0.1, 0.15) is 4.88 Å². The number of esters is 1. The van der Waals surface area contributed by atoms with Crippen LogP contribution in [-0.4, -0.2) is 19.0 Å². The number of carbonyl (C=O) groups excluding carboxylic acids is 2. The van der Waals surface area contributed by atoms with Gasteiger partial charge < -0.3 is 19.2 Å². The van der Waals surface area contributed by atoms with Crippen LogP contribution in [0.4, 0.5) is 5.00 Å². The van der Waals surface area contributed by atoms with Crippen molar-refractivity contribution in [3.05, 3.63) is 65.4 Å². The number of methoxy groups -OCH3 is 1. The lowest BCUT2D eigenvalue weighted by Gasteiger charge is -2.07. The molecule has 1 aromatic carbocycles. The zero-order valence-electron chi connectivity index (χ0n) is 12.6. The summed E-state index contributed by atoms with van der Waals surface area (Å²) in [7, 11) is 1.50. The second-order valence-electron chi connectivity index (χ2n) is 4.64. The van der Waals surface area contributed by atoms with Crippen LogP contribution in [0.5, 0.6) is 11.5 Å². The van der Waals surface area contributed by atoms with Crippen molar-refractivity contribution < 1.29 is 23.5 Å². The van der Waals surface area contributed by atoms with E-state index >= 15 is 0 Å². The second kappa shape index (κ2) is 7.01. The van der Waals surface area contributed by atoms with Crippen LogP contribution in [-0.2, 0) is 0 Å². The van der Waals surface area contributed by atoms with E-state index in [9.17, 15) is 9.59 Å². The van der Waals surface area contributed by atoms with Crippen LogP contribution in [0.15, 0.2) is 59.2 Å². The molecule has 0 fully saturated rings. The number of hydrogen-bond donors (Lipinski definition) is 1. The number of furan rings is 1. The van der Waals surface area contributed by atoms with E-state index in [1.807, 2.05) is 0 Å². The summed E-state index contributed by atoms with van der Waals surface area (Å²) in [4.78, 5) is 24.5. The summed E-state index contributed by atoms with van der Waals surface area (Å²) < 4.78 is 15.5. The van der Waals surface area contributed by atoms with Gasteiger partial charge in [-0.15, -0.1) is 11.3 Å². The number of ether oxygens (including phenoxy) is 2. The first kappa shape index (κ1) is 15.8. The Morgan fingerprint density at radius 1 is 1.04 bits per heavy atom. The number of nitrogens with one attached hydrogen (secondary N) is 1. The standard InChI is InChI=1S/C17H13NO5S/c1-21-11-5-2-3-6-12(11)23-17(20)14-8-9-15(24-14)18-16(19)13-7-4-10-22-13/h2-10H,1H3,(H,18,19). The van der Waals surface area contributed by atoms with Gasteiger partial charge in [-0.05, 0) is 36.4 Å². The maximum absolute atomic E-state index is 12.2. The first-order chi connectivity index (χ1) is 11.7. The van der Waals surface area contributed by atoms with Crippen molar-refractivity contribution in [2.75, 3.05) is 12.4 Å². The molecule has 0 spiro atoms. The fourth-order valence-corrected chi connectivity index (χ4v) is 2.73. The molecule has 2 heterocycles. The third kappa shape index (κ3) is 3.47. The number of benzene rings is 1. The molecular weight excluding hydrogens is 330 g/mol. The van der Waals surface area contributed by atoms with E-state index in [1.165, 1.54) is 13.4 Å². The molecule has 0 atom stereocenters. The van der Waals surface area contributed by atoms with E-state index in [2.05, 4.69) is 5.32 Å². The van der Waals surface area contributed by atoms with Gasteiger partial charge in [0.15, 0.2) is 17.3 Å². The Kier molecular flexibility index (Phi) is 4.62. The quantitative estimate of drug-likeness (QED) is 0.563. The minimum absolute atomic E-state index is 0.196. The lowest BCUT2D eigenvalue weighted by molar-refractivity contribution is 0.0734. The Labute approximate surface area is 141 Å². The normalized spacial score (nSPS) is 10.2. The second-order valence-corrected chi connectivity index (χ2v) is 5.72. The molecule has 0 unspecified atom stereocenters. The van der Waals surface area contributed by atoms with Gasteiger partial charge in [0.25, 0.3) is 5.91 Å². The van der Waals surface area contributed by atoms with Gasteiger partial charge in [-0.25, -0.2) is 4.79 Å². The smallest absolute Gasteiger partial charge is 0.353 e. The number of hydrogen-bond acceptors (Lipinski definition) is 6. The maximum Gasteiger partial charge on any atom is 0.353 e. The lowest BCUT2D eigenvalue weighted by Crippen LogP contribution is -2.09. The molecule has 0 saturated carbocycles. The largest absolute Gasteiger partial charge is 0.493 e.